The van der Waals surface area contributed by atoms with Gasteiger partial charge in [0.15, 0.2) is 11.6 Å². The van der Waals surface area contributed by atoms with Crippen LogP contribution in [0, 0.1) is 5.82 Å². The summed E-state index contributed by atoms with van der Waals surface area (Å²) in [5.74, 6) is -2.97. The molecule has 8 heteroatoms. The number of benzene rings is 2. The lowest BCUT2D eigenvalue weighted by Crippen LogP contribution is -2.18. The molecule has 2 aromatic carbocycles. The number of carboxylic acid groups (broad SMARTS) is 1. The van der Waals surface area contributed by atoms with Gasteiger partial charge in [-0.15, -0.1) is 13.2 Å². The summed E-state index contributed by atoms with van der Waals surface area (Å²) in [6, 6.07) is 8.25. The van der Waals surface area contributed by atoms with E-state index in [1.807, 2.05) is 0 Å². The first-order valence-corrected chi connectivity index (χ1v) is 6.25. The van der Waals surface area contributed by atoms with E-state index in [-0.39, 0.29) is 23.5 Å². The predicted molar refractivity (Wildman–Crippen MR) is 70.8 cm³/mol. The molecule has 0 saturated carbocycles. The van der Waals surface area contributed by atoms with Crippen LogP contribution < -0.4 is 9.47 Å². The topological polar surface area (TPSA) is 55.8 Å². The van der Waals surface area contributed by atoms with Crippen molar-refractivity contribution in [1.29, 1.82) is 0 Å². The largest absolute Gasteiger partial charge is 0.573 e. The molecule has 0 heterocycles. The van der Waals surface area contributed by atoms with Crippen molar-refractivity contribution in [2.45, 2.75) is 13.0 Å². The molecule has 0 unspecified atom stereocenters. The summed E-state index contributed by atoms with van der Waals surface area (Å²) in [4.78, 5) is 10.7. The summed E-state index contributed by atoms with van der Waals surface area (Å²) in [5.41, 5.74) is -0.206. The molecule has 122 valence electrons. The van der Waals surface area contributed by atoms with E-state index in [1.54, 1.807) is 0 Å². The van der Waals surface area contributed by atoms with Gasteiger partial charge < -0.3 is 14.6 Å². The van der Waals surface area contributed by atoms with E-state index >= 15 is 0 Å². The number of halogens is 4. The highest BCUT2D eigenvalue weighted by Gasteiger charge is 2.32. The predicted octanol–water partition coefficient (Wildman–Crippen LogP) is 4.00. The maximum absolute atomic E-state index is 13.7. The molecular formula is C15H10F4O4. The Bertz CT molecular complexity index is 713. The first-order chi connectivity index (χ1) is 10.8. The van der Waals surface area contributed by atoms with Crippen LogP contribution in [0.1, 0.15) is 15.9 Å². The number of carboxylic acids is 1. The molecule has 0 bridgehead atoms. The minimum atomic E-state index is -4.86. The molecule has 0 radical (unpaired) electrons. The quantitative estimate of drug-likeness (QED) is 0.842. The molecule has 0 aliphatic carbocycles. The van der Waals surface area contributed by atoms with E-state index in [9.17, 15) is 22.4 Å². The van der Waals surface area contributed by atoms with Gasteiger partial charge in [0, 0.05) is 5.56 Å². The number of rotatable bonds is 5. The Morgan fingerprint density at radius 2 is 1.78 bits per heavy atom. The first kappa shape index (κ1) is 16.6. The van der Waals surface area contributed by atoms with Crippen molar-refractivity contribution in [2.24, 2.45) is 0 Å². The highest BCUT2D eigenvalue weighted by Crippen LogP contribution is 2.28. The fourth-order valence-electron chi connectivity index (χ4n) is 1.75. The van der Waals surface area contributed by atoms with Gasteiger partial charge in [0.25, 0.3) is 0 Å². The van der Waals surface area contributed by atoms with E-state index in [4.69, 9.17) is 9.84 Å². The number of para-hydroxylation sites is 1. The fourth-order valence-corrected chi connectivity index (χ4v) is 1.75. The maximum Gasteiger partial charge on any atom is 0.573 e. The van der Waals surface area contributed by atoms with E-state index in [0.29, 0.717) is 0 Å². The van der Waals surface area contributed by atoms with Gasteiger partial charge in [-0.3, -0.25) is 0 Å². The smallest absolute Gasteiger partial charge is 0.486 e. The highest BCUT2D eigenvalue weighted by molar-refractivity contribution is 5.87. The summed E-state index contributed by atoms with van der Waals surface area (Å²) in [7, 11) is 0. The average Bonchev–Trinajstić information content (AvgIpc) is 2.45. The number of alkyl halides is 3. The second-order valence-corrected chi connectivity index (χ2v) is 4.39. The van der Waals surface area contributed by atoms with Crippen LogP contribution in [0.25, 0.3) is 0 Å². The third-order valence-corrected chi connectivity index (χ3v) is 2.76. The normalized spacial score (nSPS) is 11.1. The highest BCUT2D eigenvalue weighted by atomic mass is 19.4. The molecular weight excluding hydrogens is 320 g/mol. The minimum absolute atomic E-state index is 0.0616. The number of hydrogen-bond acceptors (Lipinski definition) is 3. The Hall–Kier alpha value is -2.77. The van der Waals surface area contributed by atoms with Crippen LogP contribution in [-0.4, -0.2) is 17.4 Å². The van der Waals surface area contributed by atoms with Gasteiger partial charge in [-0.1, -0.05) is 18.2 Å². The van der Waals surface area contributed by atoms with Crippen molar-refractivity contribution in [1.82, 2.24) is 0 Å². The monoisotopic (exact) mass is 330 g/mol. The first-order valence-electron chi connectivity index (χ1n) is 6.25. The lowest BCUT2D eigenvalue weighted by Gasteiger charge is -2.14. The molecule has 0 aromatic heterocycles. The lowest BCUT2D eigenvalue weighted by atomic mass is 10.2. The van der Waals surface area contributed by atoms with Crippen molar-refractivity contribution in [3.8, 4) is 11.5 Å². The van der Waals surface area contributed by atoms with Crippen LogP contribution in [0.2, 0.25) is 0 Å². The van der Waals surface area contributed by atoms with Gasteiger partial charge in [0.05, 0.1) is 5.56 Å². The van der Waals surface area contributed by atoms with Crippen LogP contribution in [0.5, 0.6) is 11.5 Å². The fraction of sp³-hybridized carbons (Fsp3) is 0.133. The van der Waals surface area contributed by atoms with Crippen molar-refractivity contribution in [3.63, 3.8) is 0 Å². The molecule has 0 amide bonds. The zero-order chi connectivity index (χ0) is 17.0. The molecule has 0 atom stereocenters. The van der Waals surface area contributed by atoms with E-state index < -0.39 is 23.9 Å². The Morgan fingerprint density at radius 1 is 1.09 bits per heavy atom. The third kappa shape index (κ3) is 4.60. The van der Waals surface area contributed by atoms with Crippen LogP contribution in [-0.2, 0) is 6.61 Å². The molecule has 1 N–H and O–H groups in total. The van der Waals surface area contributed by atoms with E-state index in [0.717, 1.165) is 24.3 Å². The summed E-state index contributed by atoms with van der Waals surface area (Å²) in [6.45, 7) is -0.379. The van der Waals surface area contributed by atoms with Gasteiger partial charge >= 0.3 is 12.3 Å². The Kier molecular flexibility index (Phi) is 4.73. The van der Waals surface area contributed by atoms with Crippen molar-refractivity contribution in [2.75, 3.05) is 0 Å². The number of hydrogen-bond donors (Lipinski definition) is 1. The Balaban J connectivity index is 2.14. The third-order valence-electron chi connectivity index (χ3n) is 2.76. The van der Waals surface area contributed by atoms with Gasteiger partial charge in [0.2, 0.25) is 0 Å². The molecule has 2 aromatic rings. The molecule has 0 aliphatic heterocycles. The average molecular weight is 330 g/mol. The molecule has 4 nitrogen and oxygen atoms in total. The standard InChI is InChI=1S/C15H10F4O4/c16-11-7-9(14(20)21)5-6-13(11)22-8-10-3-1-2-4-12(10)23-15(17,18)19/h1-7H,8H2,(H,20,21). The van der Waals surface area contributed by atoms with Crippen LogP contribution in [0.4, 0.5) is 17.6 Å². The Labute approximate surface area is 127 Å². The van der Waals surface area contributed by atoms with Gasteiger partial charge in [-0.25, -0.2) is 9.18 Å². The number of carbonyl (C=O) groups is 1. The van der Waals surface area contributed by atoms with E-state index in [2.05, 4.69) is 4.74 Å². The molecule has 23 heavy (non-hydrogen) atoms. The zero-order valence-corrected chi connectivity index (χ0v) is 11.4. The van der Waals surface area contributed by atoms with Crippen molar-refractivity contribution < 1.29 is 36.9 Å². The number of ether oxygens (including phenoxy) is 2. The summed E-state index contributed by atoms with van der Waals surface area (Å²) >= 11 is 0. The maximum atomic E-state index is 13.7. The SMILES string of the molecule is O=C(O)c1ccc(OCc2ccccc2OC(F)(F)F)c(F)c1. The van der Waals surface area contributed by atoms with Crippen molar-refractivity contribution >= 4 is 5.97 Å². The van der Waals surface area contributed by atoms with Crippen LogP contribution in [0.15, 0.2) is 42.5 Å². The second kappa shape index (κ2) is 6.55. The minimum Gasteiger partial charge on any atom is -0.486 e. The van der Waals surface area contributed by atoms with Crippen LogP contribution in [0.3, 0.4) is 0 Å². The van der Waals surface area contributed by atoms with Crippen molar-refractivity contribution in [3.05, 3.63) is 59.4 Å². The summed E-state index contributed by atoms with van der Waals surface area (Å²) in [5, 5.41) is 8.72. The van der Waals surface area contributed by atoms with Crippen LogP contribution >= 0.6 is 0 Å². The lowest BCUT2D eigenvalue weighted by molar-refractivity contribution is -0.275. The number of aromatic carboxylic acids is 1. The van der Waals surface area contributed by atoms with Gasteiger partial charge in [0.1, 0.15) is 12.4 Å². The molecule has 0 aliphatic rings. The zero-order valence-electron chi connectivity index (χ0n) is 11.4. The second-order valence-electron chi connectivity index (χ2n) is 4.39. The molecule has 0 saturated heterocycles. The van der Waals surface area contributed by atoms with Gasteiger partial charge in [-0.2, -0.15) is 0 Å². The summed E-state index contributed by atoms with van der Waals surface area (Å²) < 4.78 is 59.5. The summed E-state index contributed by atoms with van der Waals surface area (Å²) in [6.07, 6.45) is -4.86. The Morgan fingerprint density at radius 3 is 2.39 bits per heavy atom. The molecule has 0 spiro atoms. The molecule has 0 fully saturated rings. The molecule has 2 rings (SSSR count). The van der Waals surface area contributed by atoms with Gasteiger partial charge in [-0.05, 0) is 24.3 Å². The van der Waals surface area contributed by atoms with E-state index in [1.165, 1.54) is 18.2 Å².